The number of amides is 2. The van der Waals surface area contributed by atoms with Crippen molar-refractivity contribution in [2.75, 3.05) is 11.9 Å². The summed E-state index contributed by atoms with van der Waals surface area (Å²) in [6.07, 6.45) is 2.32. The summed E-state index contributed by atoms with van der Waals surface area (Å²) in [6, 6.07) is 5.94. The van der Waals surface area contributed by atoms with Crippen LogP contribution < -0.4 is 15.4 Å². The van der Waals surface area contributed by atoms with E-state index in [2.05, 4.69) is 25.3 Å². The van der Waals surface area contributed by atoms with E-state index in [0.29, 0.717) is 24.1 Å². The summed E-state index contributed by atoms with van der Waals surface area (Å²) < 4.78 is 32.4. The summed E-state index contributed by atoms with van der Waals surface area (Å²) in [7, 11) is -3.42. The van der Waals surface area contributed by atoms with Gasteiger partial charge in [0, 0.05) is 12.7 Å². The molecular weight excluding hydrogens is 525 g/mol. The predicted molar refractivity (Wildman–Crippen MR) is 143 cm³/mol. The Hall–Kier alpha value is -3.76. The molecule has 2 aromatic heterocycles. The SMILES string of the molecule is Cc1cc(C#N)cnc1C(=O)Nc1ccc(F)c([C@@]2(C)N=C(NC(=O)O)C(C)(C)[SH]3(=O)NCC4(CC4)C[C@@H]23)n1. The van der Waals surface area contributed by atoms with Crippen molar-refractivity contribution in [3.8, 4) is 6.07 Å². The zero-order valence-electron chi connectivity index (χ0n) is 22.0. The van der Waals surface area contributed by atoms with Gasteiger partial charge in [-0.2, -0.15) is 5.26 Å². The molecule has 206 valence electrons. The van der Waals surface area contributed by atoms with E-state index in [1.807, 2.05) is 6.07 Å². The number of aryl methyl sites for hydroxylation is 1. The summed E-state index contributed by atoms with van der Waals surface area (Å²) in [6.45, 7) is 7.16. The van der Waals surface area contributed by atoms with Crippen molar-refractivity contribution in [1.82, 2.24) is 20.0 Å². The first-order chi connectivity index (χ1) is 18.2. The molecule has 2 aromatic rings. The average molecular weight is 556 g/mol. The maximum atomic E-state index is 15.5. The molecule has 0 radical (unpaired) electrons. The maximum Gasteiger partial charge on any atom is 0.410 e. The summed E-state index contributed by atoms with van der Waals surface area (Å²) >= 11 is 0. The summed E-state index contributed by atoms with van der Waals surface area (Å²) in [5.41, 5.74) is -0.844. The van der Waals surface area contributed by atoms with Gasteiger partial charge in [0.05, 0.1) is 15.6 Å². The minimum absolute atomic E-state index is 0.0238. The molecule has 13 heteroatoms. The van der Waals surface area contributed by atoms with Gasteiger partial charge in [-0.25, -0.2) is 19.2 Å². The van der Waals surface area contributed by atoms with Crippen LogP contribution in [0.2, 0.25) is 0 Å². The van der Waals surface area contributed by atoms with Crippen LogP contribution in [0.25, 0.3) is 0 Å². The lowest BCUT2D eigenvalue weighted by Crippen LogP contribution is -2.71. The van der Waals surface area contributed by atoms with E-state index in [0.717, 1.165) is 18.9 Å². The van der Waals surface area contributed by atoms with Crippen LogP contribution in [0.4, 0.5) is 15.0 Å². The number of halogens is 1. The Morgan fingerprint density at radius 2 is 1.97 bits per heavy atom. The van der Waals surface area contributed by atoms with Crippen LogP contribution in [0.1, 0.15) is 67.3 Å². The number of aliphatic imine (C=N–C) groups is 1. The van der Waals surface area contributed by atoms with Gasteiger partial charge in [0.2, 0.25) is 0 Å². The summed E-state index contributed by atoms with van der Waals surface area (Å²) in [4.78, 5) is 37.8. The van der Waals surface area contributed by atoms with Crippen molar-refractivity contribution in [1.29, 1.82) is 5.26 Å². The van der Waals surface area contributed by atoms with Gasteiger partial charge in [-0.1, -0.05) is 0 Å². The van der Waals surface area contributed by atoms with Gasteiger partial charge in [-0.05, 0) is 86.3 Å². The average Bonchev–Trinajstić information content (AvgIpc) is 3.64. The quantitative estimate of drug-likeness (QED) is 0.363. The van der Waals surface area contributed by atoms with Gasteiger partial charge in [0.1, 0.15) is 40.5 Å². The molecule has 2 fully saturated rings. The van der Waals surface area contributed by atoms with Crippen molar-refractivity contribution >= 4 is 33.8 Å². The Balaban J connectivity index is 1.59. The molecule has 4 N–H and O–H groups in total. The number of amidine groups is 1. The van der Waals surface area contributed by atoms with Gasteiger partial charge in [0.25, 0.3) is 5.91 Å². The fourth-order valence-electron chi connectivity index (χ4n) is 5.71. The fraction of sp³-hybridized carbons (Fsp3) is 0.462. The number of nitriles is 1. The van der Waals surface area contributed by atoms with Gasteiger partial charge in [-0.15, -0.1) is 0 Å². The van der Waals surface area contributed by atoms with Crippen molar-refractivity contribution in [2.24, 2.45) is 10.4 Å². The molecule has 1 saturated heterocycles. The lowest BCUT2D eigenvalue weighted by atomic mass is 9.84. The predicted octanol–water partition coefficient (Wildman–Crippen LogP) is 2.80. The lowest BCUT2D eigenvalue weighted by Gasteiger charge is -2.57. The fourth-order valence-corrected chi connectivity index (χ4v) is 9.63. The zero-order valence-corrected chi connectivity index (χ0v) is 22.9. The number of hydrogen-bond acceptors (Lipinski definition) is 7. The highest BCUT2D eigenvalue weighted by molar-refractivity contribution is 8.04. The molecule has 5 rings (SSSR count). The number of fused-ring (bicyclic) bond motifs is 1. The number of carbonyl (C=O) groups is 2. The Labute approximate surface area is 225 Å². The molecular formula is C26H30FN7O4S. The van der Waals surface area contributed by atoms with Crippen molar-refractivity contribution in [3.63, 3.8) is 0 Å². The topological polar surface area (TPSA) is 169 Å². The summed E-state index contributed by atoms with van der Waals surface area (Å²) in [5.74, 6) is -1.33. The molecule has 0 aromatic carbocycles. The third-order valence-corrected chi connectivity index (χ3v) is 12.4. The van der Waals surface area contributed by atoms with Crippen LogP contribution in [-0.2, 0) is 15.7 Å². The van der Waals surface area contributed by atoms with Crippen LogP contribution in [0.5, 0.6) is 0 Å². The Morgan fingerprint density at radius 1 is 1.26 bits per heavy atom. The standard InChI is InChI=1S/C26H30FN7O4S/c1-14-9-15(11-28)12-29-19(14)21(35)32-18-6-5-16(27)20(31-18)25(4)17-10-26(7-8-26)13-30-39(17,38)24(2,3)22(34-25)33-23(36)37/h5-6,9,12,17,39H,7-8,10,13H2,1-4H3,(H,30,38)(H,33,34)(H,36,37)(H,31,32,35)/t17-,25-/m0/s1. The van der Waals surface area contributed by atoms with E-state index >= 15 is 4.39 Å². The van der Waals surface area contributed by atoms with Gasteiger partial charge in [-0.3, -0.25) is 24.0 Å². The van der Waals surface area contributed by atoms with Crippen LogP contribution in [0, 0.1) is 29.5 Å². The summed E-state index contributed by atoms with van der Waals surface area (Å²) in [5, 5.41) is 22.8. The second-order valence-corrected chi connectivity index (χ2v) is 14.7. The number of carboxylic acid groups (broad SMARTS) is 1. The molecule has 4 heterocycles. The molecule has 2 aliphatic heterocycles. The van der Waals surface area contributed by atoms with Crippen LogP contribution >= 0.6 is 0 Å². The number of rotatable bonds is 3. The van der Waals surface area contributed by atoms with E-state index in [-0.39, 0.29) is 28.5 Å². The number of pyridine rings is 2. The Bertz CT molecular complexity index is 1530. The number of nitrogens with zero attached hydrogens (tertiary/aromatic N) is 4. The van der Waals surface area contributed by atoms with Crippen LogP contribution in [-0.4, -0.2) is 53.7 Å². The minimum atomic E-state index is -3.42. The largest absolute Gasteiger partial charge is 0.465 e. The Kier molecular flexibility index (Phi) is 6.12. The highest BCUT2D eigenvalue weighted by atomic mass is 32.3. The number of nitrogens with one attached hydrogen (secondary N) is 3. The van der Waals surface area contributed by atoms with Gasteiger partial charge in [0.15, 0.2) is 0 Å². The zero-order chi connectivity index (χ0) is 28.4. The number of aromatic nitrogens is 2. The maximum absolute atomic E-state index is 15.5. The number of hydrogen-bond donors (Lipinski definition) is 5. The number of thiol groups is 1. The molecule has 11 nitrogen and oxygen atoms in total. The van der Waals surface area contributed by atoms with Gasteiger partial charge >= 0.3 is 6.09 Å². The smallest absolute Gasteiger partial charge is 0.410 e. The molecule has 0 bridgehead atoms. The lowest BCUT2D eigenvalue weighted by molar-refractivity contribution is 0.102. The van der Waals surface area contributed by atoms with Crippen LogP contribution in [0.15, 0.2) is 29.4 Å². The second-order valence-electron chi connectivity index (χ2n) is 11.3. The molecule has 0 unspecified atom stereocenters. The molecule has 3 aliphatic rings. The molecule has 39 heavy (non-hydrogen) atoms. The van der Waals surface area contributed by atoms with Crippen molar-refractivity contribution < 1.29 is 23.3 Å². The number of anilines is 1. The molecule has 1 aliphatic carbocycles. The minimum Gasteiger partial charge on any atom is -0.465 e. The first-order valence-electron chi connectivity index (χ1n) is 12.6. The first kappa shape index (κ1) is 26.8. The highest BCUT2D eigenvalue weighted by Gasteiger charge is 2.64. The van der Waals surface area contributed by atoms with E-state index in [4.69, 9.17) is 10.3 Å². The normalized spacial score (nSPS) is 26.4. The van der Waals surface area contributed by atoms with E-state index < -0.39 is 43.5 Å². The van der Waals surface area contributed by atoms with Crippen LogP contribution in [0.3, 0.4) is 0 Å². The first-order valence-corrected chi connectivity index (χ1v) is 14.3. The van der Waals surface area contributed by atoms with Gasteiger partial charge < -0.3 is 10.4 Å². The highest BCUT2D eigenvalue weighted by Crippen LogP contribution is 2.59. The second kappa shape index (κ2) is 8.89. The molecule has 2 atom stereocenters. The molecule has 2 amide bonds. The van der Waals surface area contributed by atoms with E-state index in [1.165, 1.54) is 18.3 Å². The molecule has 1 saturated carbocycles. The van der Waals surface area contributed by atoms with Crippen molar-refractivity contribution in [3.05, 3.63) is 52.7 Å². The number of carbonyl (C=O) groups excluding carboxylic acids is 1. The third kappa shape index (κ3) is 4.28. The monoisotopic (exact) mass is 555 g/mol. The van der Waals surface area contributed by atoms with E-state index in [1.54, 1.807) is 27.7 Å². The third-order valence-electron chi connectivity index (χ3n) is 8.33. The van der Waals surface area contributed by atoms with E-state index in [9.17, 15) is 18.9 Å². The Morgan fingerprint density at radius 3 is 2.59 bits per heavy atom. The molecule has 1 spiro atoms. The van der Waals surface area contributed by atoms with Crippen molar-refractivity contribution in [2.45, 2.75) is 62.5 Å².